The summed E-state index contributed by atoms with van der Waals surface area (Å²) in [6.45, 7) is 8.43. The third-order valence-corrected chi connectivity index (χ3v) is 7.58. The Morgan fingerprint density at radius 2 is 1.62 bits per heavy atom. The Balaban J connectivity index is 1.54. The Hall–Kier alpha value is -4.22. The molecule has 1 aromatic heterocycles. The van der Waals surface area contributed by atoms with Crippen molar-refractivity contribution in [1.29, 1.82) is 0 Å². The molecule has 1 aromatic carbocycles. The molecule has 0 bridgehead atoms. The van der Waals surface area contributed by atoms with Crippen molar-refractivity contribution in [2.24, 2.45) is 0 Å². The zero-order valence-corrected chi connectivity index (χ0v) is 26.8. The molecule has 0 radical (unpaired) electrons. The molecular formula is C33H45N5O7. The first-order chi connectivity index (χ1) is 21.5. The number of carbonyl (C=O) groups excluding carboxylic acids is 4. The van der Waals surface area contributed by atoms with E-state index in [0.717, 1.165) is 31.2 Å². The first-order valence-corrected chi connectivity index (χ1v) is 15.9. The standard InChI is InChI=1S/C33H45N5O7/c1-5-43-32(42)38-20-18-37(19-21-38)31(41)25(16-17-28(39)45-33(2,3)4)35-30(40)26-22-27(44-24-14-10-7-11-15-24)36-29(34-26)23-12-8-6-9-13-23/h6,8-9,12-13,22,24-25H,5,7,10-11,14-21H2,1-4H3,(H,35,40)/t25-/m0/s1. The van der Waals surface area contributed by atoms with Crippen molar-refractivity contribution in [2.75, 3.05) is 32.8 Å². The summed E-state index contributed by atoms with van der Waals surface area (Å²) >= 11 is 0. The zero-order chi connectivity index (χ0) is 32.4. The number of rotatable bonds is 10. The van der Waals surface area contributed by atoms with Crippen LogP contribution in [0.25, 0.3) is 11.4 Å². The minimum Gasteiger partial charge on any atom is -0.474 e. The summed E-state index contributed by atoms with van der Waals surface area (Å²) in [7, 11) is 0. The number of piperazine rings is 1. The highest BCUT2D eigenvalue weighted by molar-refractivity contribution is 5.96. The van der Waals surface area contributed by atoms with Crippen LogP contribution in [-0.2, 0) is 19.1 Å². The molecule has 45 heavy (non-hydrogen) atoms. The van der Waals surface area contributed by atoms with Gasteiger partial charge in [-0.3, -0.25) is 14.4 Å². The van der Waals surface area contributed by atoms with E-state index in [9.17, 15) is 19.2 Å². The van der Waals surface area contributed by atoms with Crippen LogP contribution < -0.4 is 10.1 Å². The smallest absolute Gasteiger partial charge is 0.409 e. The molecule has 2 heterocycles. The third kappa shape index (κ3) is 10.2. The van der Waals surface area contributed by atoms with Gasteiger partial charge >= 0.3 is 12.1 Å². The molecule has 12 heteroatoms. The molecule has 1 saturated carbocycles. The minimum atomic E-state index is -1.03. The van der Waals surface area contributed by atoms with Gasteiger partial charge in [0, 0.05) is 44.2 Å². The van der Waals surface area contributed by atoms with Crippen LogP contribution >= 0.6 is 0 Å². The predicted octanol–water partition coefficient (Wildman–Crippen LogP) is 4.38. The Morgan fingerprint density at radius 1 is 0.956 bits per heavy atom. The number of ether oxygens (including phenoxy) is 3. The van der Waals surface area contributed by atoms with Crippen molar-refractivity contribution >= 4 is 23.9 Å². The van der Waals surface area contributed by atoms with Crippen LogP contribution in [0.1, 0.15) is 83.1 Å². The first kappa shape index (κ1) is 33.7. The highest BCUT2D eigenvalue weighted by atomic mass is 16.6. The Bertz CT molecular complexity index is 1320. The van der Waals surface area contributed by atoms with Crippen molar-refractivity contribution < 1.29 is 33.4 Å². The van der Waals surface area contributed by atoms with Gasteiger partial charge in [-0.1, -0.05) is 36.8 Å². The molecule has 1 saturated heterocycles. The predicted molar refractivity (Wildman–Crippen MR) is 166 cm³/mol. The first-order valence-electron chi connectivity index (χ1n) is 15.9. The molecule has 0 spiro atoms. The van der Waals surface area contributed by atoms with Gasteiger partial charge in [-0.2, -0.15) is 4.98 Å². The summed E-state index contributed by atoms with van der Waals surface area (Å²) in [6.07, 6.45) is 4.67. The third-order valence-electron chi connectivity index (χ3n) is 7.58. The molecule has 2 fully saturated rings. The lowest BCUT2D eigenvalue weighted by Gasteiger charge is -2.36. The lowest BCUT2D eigenvalue weighted by atomic mass is 9.98. The molecule has 4 rings (SSSR count). The van der Waals surface area contributed by atoms with Crippen molar-refractivity contribution in [2.45, 2.75) is 90.4 Å². The minimum absolute atomic E-state index is 0.00427. The van der Waals surface area contributed by atoms with Gasteiger partial charge in [0.25, 0.3) is 5.91 Å². The van der Waals surface area contributed by atoms with E-state index < -0.39 is 29.6 Å². The number of amides is 3. The van der Waals surface area contributed by atoms with Crippen LogP contribution in [0.5, 0.6) is 5.88 Å². The highest BCUT2D eigenvalue weighted by Crippen LogP contribution is 2.25. The monoisotopic (exact) mass is 623 g/mol. The van der Waals surface area contributed by atoms with Gasteiger partial charge in [0.05, 0.1) is 6.61 Å². The second-order valence-electron chi connectivity index (χ2n) is 12.3. The molecule has 2 aromatic rings. The molecule has 2 aliphatic rings. The maximum absolute atomic E-state index is 13.8. The van der Waals surface area contributed by atoms with Gasteiger partial charge in [-0.15, -0.1) is 0 Å². The number of hydrogen-bond acceptors (Lipinski definition) is 9. The maximum atomic E-state index is 13.8. The van der Waals surface area contributed by atoms with E-state index in [1.54, 1.807) is 37.5 Å². The van der Waals surface area contributed by atoms with Crippen LogP contribution in [0.15, 0.2) is 36.4 Å². The van der Waals surface area contributed by atoms with E-state index in [4.69, 9.17) is 14.2 Å². The summed E-state index contributed by atoms with van der Waals surface area (Å²) in [6, 6.07) is 9.78. The number of carbonyl (C=O) groups is 4. The SMILES string of the molecule is CCOC(=O)N1CCN(C(=O)[C@H](CCC(=O)OC(C)(C)C)NC(=O)c2cc(OC3CCCCC3)nc(-c3ccccc3)n2)CC1. The summed E-state index contributed by atoms with van der Waals surface area (Å²) < 4.78 is 16.7. The van der Waals surface area contributed by atoms with Gasteiger partial charge < -0.3 is 29.3 Å². The summed E-state index contributed by atoms with van der Waals surface area (Å²) in [4.78, 5) is 64.5. The van der Waals surface area contributed by atoms with Crippen LogP contribution in [-0.4, -0.2) is 94.2 Å². The normalized spacial score (nSPS) is 16.4. The number of benzene rings is 1. The lowest BCUT2D eigenvalue weighted by Crippen LogP contribution is -2.56. The Labute approximate surface area is 264 Å². The number of nitrogens with zero attached hydrogens (tertiary/aromatic N) is 4. The van der Waals surface area contributed by atoms with Gasteiger partial charge in [0.15, 0.2) is 5.82 Å². The van der Waals surface area contributed by atoms with Crippen molar-refractivity contribution in [3.8, 4) is 17.3 Å². The van der Waals surface area contributed by atoms with Gasteiger partial charge in [0.2, 0.25) is 11.8 Å². The molecule has 1 aliphatic carbocycles. The maximum Gasteiger partial charge on any atom is 0.409 e. The highest BCUT2D eigenvalue weighted by Gasteiger charge is 2.32. The largest absolute Gasteiger partial charge is 0.474 e. The fourth-order valence-electron chi connectivity index (χ4n) is 5.36. The topological polar surface area (TPSA) is 140 Å². The number of aromatic nitrogens is 2. The van der Waals surface area contributed by atoms with Crippen LogP contribution in [0.2, 0.25) is 0 Å². The quantitative estimate of drug-likeness (QED) is 0.382. The van der Waals surface area contributed by atoms with Crippen molar-refractivity contribution in [3.63, 3.8) is 0 Å². The lowest BCUT2D eigenvalue weighted by molar-refractivity contribution is -0.155. The Kier molecular flexibility index (Phi) is 11.7. The fourth-order valence-corrected chi connectivity index (χ4v) is 5.36. The van der Waals surface area contributed by atoms with Gasteiger partial charge in [0.1, 0.15) is 23.4 Å². The fraction of sp³-hybridized carbons (Fsp3) is 0.576. The summed E-state index contributed by atoms with van der Waals surface area (Å²) in [5.41, 5.74) is 0.0850. The van der Waals surface area contributed by atoms with E-state index in [0.29, 0.717) is 24.8 Å². The molecule has 3 amide bonds. The van der Waals surface area contributed by atoms with Crippen LogP contribution in [0, 0.1) is 0 Å². The summed E-state index contributed by atoms with van der Waals surface area (Å²) in [5.74, 6) is -0.783. The molecule has 0 unspecified atom stereocenters. The zero-order valence-electron chi connectivity index (χ0n) is 26.8. The number of esters is 1. The van der Waals surface area contributed by atoms with Crippen molar-refractivity contribution in [1.82, 2.24) is 25.1 Å². The molecule has 1 N–H and O–H groups in total. The van der Waals surface area contributed by atoms with E-state index in [-0.39, 0.29) is 50.2 Å². The number of hydrogen-bond donors (Lipinski definition) is 1. The average Bonchev–Trinajstić information content (AvgIpc) is 3.02. The van der Waals surface area contributed by atoms with E-state index in [2.05, 4.69) is 15.3 Å². The van der Waals surface area contributed by atoms with Gasteiger partial charge in [-0.25, -0.2) is 9.78 Å². The molecule has 12 nitrogen and oxygen atoms in total. The Morgan fingerprint density at radius 3 is 2.27 bits per heavy atom. The molecule has 1 atom stereocenters. The van der Waals surface area contributed by atoms with Crippen LogP contribution in [0.3, 0.4) is 0 Å². The summed E-state index contributed by atoms with van der Waals surface area (Å²) in [5, 5.41) is 2.82. The second-order valence-corrected chi connectivity index (χ2v) is 12.3. The van der Waals surface area contributed by atoms with Gasteiger partial charge in [-0.05, 0) is 59.8 Å². The molecule has 1 aliphatic heterocycles. The number of nitrogens with one attached hydrogen (secondary N) is 1. The van der Waals surface area contributed by atoms with E-state index >= 15 is 0 Å². The van der Waals surface area contributed by atoms with Crippen molar-refractivity contribution in [3.05, 3.63) is 42.1 Å². The average molecular weight is 624 g/mol. The van der Waals surface area contributed by atoms with Crippen LogP contribution in [0.4, 0.5) is 4.79 Å². The second kappa shape index (κ2) is 15.7. The van der Waals surface area contributed by atoms with E-state index in [1.165, 1.54) is 12.5 Å². The van der Waals surface area contributed by atoms with E-state index in [1.807, 2.05) is 30.3 Å². The molecule has 244 valence electrons. The molecular weight excluding hydrogens is 578 g/mol.